The molecule has 28 heavy (non-hydrogen) atoms. The molecular weight excluding hydrogens is 364 g/mol. The van der Waals surface area contributed by atoms with Crippen LogP contribution in [0.5, 0.6) is 0 Å². The number of carbonyl (C=O) groups is 4. The lowest BCUT2D eigenvalue weighted by Gasteiger charge is -2.21. The van der Waals surface area contributed by atoms with Crippen LogP contribution in [0.15, 0.2) is 30.3 Å². The van der Waals surface area contributed by atoms with E-state index in [-0.39, 0.29) is 37.8 Å². The Bertz CT molecular complexity index is 704. The molecule has 0 saturated carbocycles. The molecule has 2 rings (SSSR count). The summed E-state index contributed by atoms with van der Waals surface area (Å²) in [4.78, 5) is 53.3. The van der Waals surface area contributed by atoms with Crippen molar-refractivity contribution < 1.29 is 28.8 Å². The van der Waals surface area contributed by atoms with Crippen LogP contribution in [0.2, 0.25) is 0 Å². The van der Waals surface area contributed by atoms with Gasteiger partial charge in [-0.05, 0) is 24.3 Å². The van der Waals surface area contributed by atoms with Crippen LogP contribution in [0.25, 0.3) is 0 Å². The summed E-state index contributed by atoms with van der Waals surface area (Å²) < 4.78 is 5.19. The van der Waals surface area contributed by atoms with E-state index in [0.717, 1.165) is 5.56 Å². The van der Waals surface area contributed by atoms with Crippen molar-refractivity contribution in [2.24, 2.45) is 11.8 Å². The Kier molecular flexibility index (Phi) is 8.13. The van der Waals surface area contributed by atoms with Crippen LogP contribution >= 0.6 is 0 Å². The molecule has 0 radical (unpaired) electrons. The first-order chi connectivity index (χ1) is 13.4. The highest BCUT2D eigenvalue weighted by molar-refractivity contribution is 6.37. The van der Waals surface area contributed by atoms with Gasteiger partial charge in [-0.25, -0.2) is 10.3 Å². The Morgan fingerprint density at radius 3 is 2.64 bits per heavy atom. The molecule has 8 nitrogen and oxygen atoms in total. The van der Waals surface area contributed by atoms with Gasteiger partial charge in [0.15, 0.2) is 5.78 Å². The largest absolute Gasteiger partial charge is 0.445 e. The van der Waals surface area contributed by atoms with E-state index in [1.165, 1.54) is 0 Å². The number of amides is 2. The van der Waals surface area contributed by atoms with Crippen molar-refractivity contribution in [1.29, 1.82) is 0 Å². The second-order valence-electron chi connectivity index (χ2n) is 7.19. The number of rotatable bonds is 8. The van der Waals surface area contributed by atoms with Crippen LogP contribution in [0.4, 0.5) is 4.79 Å². The second kappa shape index (κ2) is 10.6. The van der Waals surface area contributed by atoms with Crippen LogP contribution in [0.1, 0.15) is 38.7 Å². The number of hydrogen-bond acceptors (Lipinski definition) is 6. The molecule has 1 aromatic carbocycles. The fraction of sp³-hybridized carbons (Fsp3) is 0.500. The van der Waals surface area contributed by atoms with Gasteiger partial charge in [0.25, 0.3) is 0 Å². The highest BCUT2D eigenvalue weighted by Gasteiger charge is 2.33. The maximum atomic E-state index is 12.7. The summed E-state index contributed by atoms with van der Waals surface area (Å²) in [7, 11) is 0. The molecule has 2 unspecified atom stereocenters. The number of benzene rings is 1. The van der Waals surface area contributed by atoms with Crippen molar-refractivity contribution >= 4 is 23.6 Å². The van der Waals surface area contributed by atoms with E-state index in [9.17, 15) is 19.2 Å². The minimum Gasteiger partial charge on any atom is -0.445 e. The van der Waals surface area contributed by atoms with Gasteiger partial charge in [0.05, 0.1) is 12.6 Å². The van der Waals surface area contributed by atoms with E-state index in [1.807, 2.05) is 49.7 Å². The SMILES string of the molecule is CC(C)CC(NC(=O)OCc1ccccc1)C(=O)CC1CCONC(=O)C1=O. The smallest absolute Gasteiger partial charge is 0.408 e. The van der Waals surface area contributed by atoms with Gasteiger partial charge in [0, 0.05) is 12.3 Å². The molecule has 1 heterocycles. The maximum absolute atomic E-state index is 12.7. The van der Waals surface area contributed by atoms with Crippen LogP contribution in [-0.2, 0) is 30.6 Å². The average molecular weight is 390 g/mol. The summed E-state index contributed by atoms with van der Waals surface area (Å²) in [6.07, 6.45) is -0.165. The Hall–Kier alpha value is -2.74. The quantitative estimate of drug-likeness (QED) is 0.656. The monoisotopic (exact) mass is 390 g/mol. The third-order valence-corrected chi connectivity index (χ3v) is 4.38. The summed E-state index contributed by atoms with van der Waals surface area (Å²) in [6.45, 7) is 4.09. The number of Topliss-reactive ketones (excluding diaryl/α,β-unsaturated/α-hetero) is 2. The Morgan fingerprint density at radius 1 is 1.25 bits per heavy atom. The van der Waals surface area contributed by atoms with E-state index in [1.54, 1.807) is 0 Å². The standard InChI is InChI=1S/C20H26N2O6/c1-13(2)10-16(21-20(26)27-12-14-6-4-3-5-7-14)17(23)11-15-8-9-28-22-19(25)18(15)24/h3-7,13,15-16H,8-12H2,1-2H3,(H,21,26)(H,22,25). The van der Waals surface area contributed by atoms with Crippen molar-refractivity contribution in [2.75, 3.05) is 6.61 Å². The first kappa shape index (κ1) is 21.6. The summed E-state index contributed by atoms with van der Waals surface area (Å²) in [6, 6.07) is 8.41. The predicted molar refractivity (Wildman–Crippen MR) is 99.8 cm³/mol. The highest BCUT2D eigenvalue weighted by atomic mass is 16.7. The normalized spacial score (nSPS) is 18.2. The molecule has 1 fully saturated rings. The summed E-state index contributed by atoms with van der Waals surface area (Å²) in [5.74, 6) is -2.46. The van der Waals surface area contributed by atoms with Crippen molar-refractivity contribution in [2.45, 2.75) is 45.8 Å². The minimum atomic E-state index is -0.856. The molecule has 0 spiro atoms. The first-order valence-corrected chi connectivity index (χ1v) is 9.32. The van der Waals surface area contributed by atoms with E-state index in [2.05, 4.69) is 5.32 Å². The molecule has 0 bridgehead atoms. The van der Waals surface area contributed by atoms with E-state index < -0.39 is 29.7 Å². The van der Waals surface area contributed by atoms with Gasteiger partial charge in [-0.3, -0.25) is 19.2 Å². The molecule has 1 aliphatic rings. The zero-order valence-corrected chi connectivity index (χ0v) is 16.1. The number of ether oxygens (including phenoxy) is 1. The van der Waals surface area contributed by atoms with E-state index in [4.69, 9.17) is 9.57 Å². The Morgan fingerprint density at radius 2 is 1.96 bits per heavy atom. The zero-order valence-electron chi connectivity index (χ0n) is 16.1. The van der Waals surface area contributed by atoms with Gasteiger partial charge >= 0.3 is 12.0 Å². The predicted octanol–water partition coefficient (Wildman–Crippen LogP) is 1.92. The van der Waals surface area contributed by atoms with Crippen molar-refractivity contribution in [3.63, 3.8) is 0 Å². The first-order valence-electron chi connectivity index (χ1n) is 9.32. The number of carbonyl (C=O) groups excluding carboxylic acids is 4. The van der Waals surface area contributed by atoms with E-state index >= 15 is 0 Å². The molecule has 8 heteroatoms. The molecule has 1 aliphatic heterocycles. The lowest BCUT2D eigenvalue weighted by atomic mass is 9.89. The van der Waals surface area contributed by atoms with Crippen LogP contribution in [0.3, 0.4) is 0 Å². The fourth-order valence-electron chi connectivity index (χ4n) is 2.91. The lowest BCUT2D eigenvalue weighted by Crippen LogP contribution is -2.43. The van der Waals surface area contributed by atoms with Gasteiger partial charge < -0.3 is 10.1 Å². The number of alkyl carbamates (subject to hydrolysis) is 1. The van der Waals surface area contributed by atoms with Crippen molar-refractivity contribution in [1.82, 2.24) is 10.8 Å². The lowest BCUT2D eigenvalue weighted by molar-refractivity contribution is -0.145. The van der Waals surface area contributed by atoms with Crippen LogP contribution in [0, 0.1) is 11.8 Å². The molecule has 152 valence electrons. The Labute approximate surface area is 163 Å². The summed E-state index contributed by atoms with van der Waals surface area (Å²) >= 11 is 0. The third-order valence-electron chi connectivity index (χ3n) is 4.38. The molecule has 0 aromatic heterocycles. The summed E-state index contributed by atoms with van der Waals surface area (Å²) in [5.41, 5.74) is 2.87. The molecule has 0 aliphatic carbocycles. The molecular formula is C20H26N2O6. The molecule has 2 N–H and O–H groups in total. The minimum absolute atomic E-state index is 0.0912. The van der Waals surface area contributed by atoms with Gasteiger partial charge in [-0.2, -0.15) is 0 Å². The maximum Gasteiger partial charge on any atom is 0.408 e. The molecule has 1 saturated heterocycles. The second-order valence-corrected chi connectivity index (χ2v) is 7.19. The Balaban J connectivity index is 1.95. The van der Waals surface area contributed by atoms with Gasteiger partial charge in [-0.15, -0.1) is 0 Å². The van der Waals surface area contributed by atoms with Crippen molar-refractivity contribution in [3.05, 3.63) is 35.9 Å². The van der Waals surface area contributed by atoms with Gasteiger partial charge in [-0.1, -0.05) is 44.2 Å². The molecule has 1 aromatic rings. The summed E-state index contributed by atoms with van der Waals surface area (Å²) in [5, 5.41) is 2.60. The third kappa shape index (κ3) is 6.77. The van der Waals surface area contributed by atoms with Crippen LogP contribution in [-0.4, -0.2) is 36.2 Å². The molecule has 2 amide bonds. The topological polar surface area (TPSA) is 111 Å². The highest BCUT2D eigenvalue weighted by Crippen LogP contribution is 2.17. The van der Waals surface area contributed by atoms with Crippen molar-refractivity contribution in [3.8, 4) is 0 Å². The fourth-order valence-corrected chi connectivity index (χ4v) is 2.91. The zero-order chi connectivity index (χ0) is 20.5. The van der Waals surface area contributed by atoms with Gasteiger partial charge in [0.1, 0.15) is 6.61 Å². The average Bonchev–Trinajstić information content (AvgIpc) is 2.82. The number of hydrogen-bond donors (Lipinski definition) is 2. The van der Waals surface area contributed by atoms with E-state index in [0.29, 0.717) is 6.42 Å². The number of ketones is 2. The number of nitrogens with one attached hydrogen (secondary N) is 2. The van der Waals surface area contributed by atoms with Crippen LogP contribution < -0.4 is 10.8 Å². The molecule has 2 atom stereocenters. The number of hydroxylamine groups is 1. The van der Waals surface area contributed by atoms with Gasteiger partial charge in [0.2, 0.25) is 5.78 Å².